The standard InChI is InChI=1S/C14H13NO4/c1-2-18-12-6-5-10(9-16)8-11(12)15-14(17)13-4-3-7-19-13/h3-9H,2H2,1H3,(H,15,17). The average molecular weight is 259 g/mol. The number of rotatable bonds is 5. The molecule has 0 bridgehead atoms. The van der Waals surface area contributed by atoms with E-state index in [0.29, 0.717) is 29.9 Å². The van der Waals surface area contributed by atoms with E-state index in [9.17, 15) is 9.59 Å². The smallest absolute Gasteiger partial charge is 0.291 e. The fourth-order valence-electron chi connectivity index (χ4n) is 1.59. The molecule has 2 rings (SSSR count). The van der Waals surface area contributed by atoms with Crippen LogP contribution in [-0.4, -0.2) is 18.8 Å². The number of hydrogen-bond donors (Lipinski definition) is 1. The van der Waals surface area contributed by atoms with Crippen molar-refractivity contribution in [2.45, 2.75) is 6.92 Å². The van der Waals surface area contributed by atoms with Gasteiger partial charge in [0, 0.05) is 5.56 Å². The second kappa shape index (κ2) is 5.86. The van der Waals surface area contributed by atoms with E-state index >= 15 is 0 Å². The summed E-state index contributed by atoms with van der Waals surface area (Å²) >= 11 is 0. The molecule has 5 heteroatoms. The number of furan rings is 1. The largest absolute Gasteiger partial charge is 0.492 e. The second-order valence-electron chi connectivity index (χ2n) is 3.74. The van der Waals surface area contributed by atoms with Crippen LogP contribution < -0.4 is 10.1 Å². The highest BCUT2D eigenvalue weighted by Crippen LogP contribution is 2.26. The number of aldehydes is 1. The third kappa shape index (κ3) is 3.01. The molecule has 0 radical (unpaired) electrons. The molecule has 0 spiro atoms. The van der Waals surface area contributed by atoms with Gasteiger partial charge < -0.3 is 14.5 Å². The highest BCUT2D eigenvalue weighted by atomic mass is 16.5. The maximum atomic E-state index is 11.9. The molecule has 0 saturated heterocycles. The topological polar surface area (TPSA) is 68.5 Å². The van der Waals surface area contributed by atoms with Gasteiger partial charge in [-0.05, 0) is 37.3 Å². The third-order valence-electron chi connectivity index (χ3n) is 2.43. The quantitative estimate of drug-likeness (QED) is 0.838. The predicted octanol–water partition coefficient (Wildman–Crippen LogP) is 2.74. The van der Waals surface area contributed by atoms with E-state index < -0.39 is 5.91 Å². The SMILES string of the molecule is CCOc1ccc(C=O)cc1NC(=O)c1ccco1. The number of nitrogens with one attached hydrogen (secondary N) is 1. The number of benzene rings is 1. The van der Waals surface area contributed by atoms with Crippen LogP contribution in [0.5, 0.6) is 5.75 Å². The molecule has 2 aromatic rings. The zero-order valence-corrected chi connectivity index (χ0v) is 10.4. The molecule has 1 N–H and O–H groups in total. The van der Waals surface area contributed by atoms with Crippen molar-refractivity contribution in [3.8, 4) is 5.75 Å². The lowest BCUT2D eigenvalue weighted by atomic mass is 10.2. The van der Waals surface area contributed by atoms with Crippen molar-refractivity contribution in [1.82, 2.24) is 0 Å². The Balaban J connectivity index is 2.26. The number of amides is 1. The first kappa shape index (κ1) is 12.9. The fraction of sp³-hybridized carbons (Fsp3) is 0.143. The Bertz CT molecular complexity index is 575. The molecule has 0 fully saturated rings. The normalized spacial score (nSPS) is 9.95. The molecule has 5 nitrogen and oxygen atoms in total. The zero-order chi connectivity index (χ0) is 13.7. The van der Waals surface area contributed by atoms with Gasteiger partial charge in [-0.15, -0.1) is 0 Å². The lowest BCUT2D eigenvalue weighted by Crippen LogP contribution is -2.12. The summed E-state index contributed by atoms with van der Waals surface area (Å²) in [5.74, 6) is 0.306. The third-order valence-corrected chi connectivity index (χ3v) is 2.43. The highest BCUT2D eigenvalue weighted by Gasteiger charge is 2.12. The summed E-state index contributed by atoms with van der Waals surface area (Å²) in [4.78, 5) is 22.7. The van der Waals surface area contributed by atoms with Crippen molar-refractivity contribution in [3.63, 3.8) is 0 Å². The van der Waals surface area contributed by atoms with E-state index in [2.05, 4.69) is 5.32 Å². The van der Waals surface area contributed by atoms with Crippen molar-refractivity contribution >= 4 is 17.9 Å². The summed E-state index contributed by atoms with van der Waals surface area (Å²) < 4.78 is 10.4. The summed E-state index contributed by atoms with van der Waals surface area (Å²) in [6.07, 6.45) is 2.12. The number of anilines is 1. The number of carbonyl (C=O) groups excluding carboxylic acids is 2. The van der Waals surface area contributed by atoms with E-state index in [1.165, 1.54) is 6.26 Å². The molecule has 0 atom stereocenters. The van der Waals surface area contributed by atoms with Crippen molar-refractivity contribution in [3.05, 3.63) is 47.9 Å². The van der Waals surface area contributed by atoms with Gasteiger partial charge in [-0.1, -0.05) is 0 Å². The molecule has 0 unspecified atom stereocenters. The maximum absolute atomic E-state index is 11.9. The predicted molar refractivity (Wildman–Crippen MR) is 69.7 cm³/mol. The van der Waals surface area contributed by atoms with Crippen molar-refractivity contribution in [1.29, 1.82) is 0 Å². The Morgan fingerprint density at radius 2 is 2.26 bits per heavy atom. The summed E-state index contributed by atoms with van der Waals surface area (Å²) in [5, 5.41) is 2.66. The molecule has 1 aromatic heterocycles. The Morgan fingerprint density at radius 3 is 2.89 bits per heavy atom. The Hall–Kier alpha value is -2.56. The molecule has 1 heterocycles. The van der Waals surface area contributed by atoms with Crippen LogP contribution in [0.3, 0.4) is 0 Å². The molecular formula is C14H13NO4. The van der Waals surface area contributed by atoms with Crippen LogP contribution in [0.2, 0.25) is 0 Å². The van der Waals surface area contributed by atoms with Crippen LogP contribution in [0.25, 0.3) is 0 Å². The maximum Gasteiger partial charge on any atom is 0.291 e. The minimum Gasteiger partial charge on any atom is -0.492 e. The van der Waals surface area contributed by atoms with Gasteiger partial charge in [0.2, 0.25) is 0 Å². The van der Waals surface area contributed by atoms with Crippen LogP contribution >= 0.6 is 0 Å². The van der Waals surface area contributed by atoms with E-state index in [1.54, 1.807) is 30.3 Å². The van der Waals surface area contributed by atoms with Gasteiger partial charge in [0.25, 0.3) is 5.91 Å². The van der Waals surface area contributed by atoms with Gasteiger partial charge in [0.05, 0.1) is 18.6 Å². The average Bonchev–Trinajstić information content (AvgIpc) is 2.95. The van der Waals surface area contributed by atoms with Crippen LogP contribution in [0.4, 0.5) is 5.69 Å². The molecule has 0 saturated carbocycles. The molecule has 0 aliphatic heterocycles. The van der Waals surface area contributed by atoms with Gasteiger partial charge >= 0.3 is 0 Å². The second-order valence-corrected chi connectivity index (χ2v) is 3.74. The molecule has 1 amide bonds. The van der Waals surface area contributed by atoms with Crippen molar-refractivity contribution in [2.24, 2.45) is 0 Å². The molecule has 1 aromatic carbocycles. The van der Waals surface area contributed by atoms with Crippen LogP contribution in [-0.2, 0) is 0 Å². The Labute approximate surface area is 110 Å². The summed E-state index contributed by atoms with van der Waals surface area (Å²) in [6, 6.07) is 8.00. The van der Waals surface area contributed by atoms with E-state index in [1.807, 2.05) is 6.92 Å². The Morgan fingerprint density at radius 1 is 1.42 bits per heavy atom. The van der Waals surface area contributed by atoms with E-state index in [-0.39, 0.29) is 5.76 Å². The molecule has 19 heavy (non-hydrogen) atoms. The lowest BCUT2D eigenvalue weighted by Gasteiger charge is -2.11. The van der Waals surface area contributed by atoms with Gasteiger partial charge in [0.15, 0.2) is 5.76 Å². The Kier molecular flexibility index (Phi) is 3.97. The van der Waals surface area contributed by atoms with Gasteiger partial charge in [0.1, 0.15) is 12.0 Å². The van der Waals surface area contributed by atoms with Gasteiger partial charge in [-0.3, -0.25) is 9.59 Å². The minimum absolute atomic E-state index is 0.193. The first-order chi connectivity index (χ1) is 9.24. The van der Waals surface area contributed by atoms with Crippen molar-refractivity contribution in [2.75, 3.05) is 11.9 Å². The van der Waals surface area contributed by atoms with Crippen LogP contribution in [0.1, 0.15) is 27.8 Å². The van der Waals surface area contributed by atoms with Gasteiger partial charge in [-0.25, -0.2) is 0 Å². The van der Waals surface area contributed by atoms with E-state index in [0.717, 1.165) is 0 Å². The number of carbonyl (C=O) groups is 2. The highest BCUT2D eigenvalue weighted by molar-refractivity contribution is 6.03. The molecular weight excluding hydrogens is 246 g/mol. The number of ether oxygens (including phenoxy) is 1. The fourth-order valence-corrected chi connectivity index (χ4v) is 1.59. The lowest BCUT2D eigenvalue weighted by molar-refractivity contribution is 0.0995. The number of hydrogen-bond acceptors (Lipinski definition) is 4. The molecule has 98 valence electrons. The van der Waals surface area contributed by atoms with Gasteiger partial charge in [-0.2, -0.15) is 0 Å². The van der Waals surface area contributed by atoms with E-state index in [4.69, 9.17) is 9.15 Å². The molecule has 0 aliphatic rings. The van der Waals surface area contributed by atoms with Crippen LogP contribution in [0.15, 0.2) is 41.0 Å². The zero-order valence-electron chi connectivity index (χ0n) is 10.4. The first-order valence-corrected chi connectivity index (χ1v) is 5.81. The summed E-state index contributed by atoms with van der Waals surface area (Å²) in [5.41, 5.74) is 0.894. The first-order valence-electron chi connectivity index (χ1n) is 5.81. The van der Waals surface area contributed by atoms with Crippen molar-refractivity contribution < 1.29 is 18.7 Å². The minimum atomic E-state index is -0.394. The van der Waals surface area contributed by atoms with Crippen LogP contribution in [0, 0.1) is 0 Å². The summed E-state index contributed by atoms with van der Waals surface area (Å²) in [7, 11) is 0. The monoisotopic (exact) mass is 259 g/mol. The molecule has 0 aliphatic carbocycles. The summed E-state index contributed by atoms with van der Waals surface area (Å²) in [6.45, 7) is 2.30.